The van der Waals surface area contributed by atoms with E-state index in [1.54, 1.807) is 23.9 Å². The van der Waals surface area contributed by atoms with Crippen LogP contribution >= 0.6 is 11.6 Å². The number of fused-ring (bicyclic) bond motifs is 1. The Morgan fingerprint density at radius 3 is 2.62 bits per heavy atom. The van der Waals surface area contributed by atoms with Crippen LogP contribution in [0.3, 0.4) is 0 Å². The molecule has 0 bridgehead atoms. The first-order valence-corrected chi connectivity index (χ1v) is 9.34. The molecule has 0 unspecified atom stereocenters. The minimum Gasteiger partial charge on any atom is -0.359 e. The molecule has 0 atom stereocenters. The fourth-order valence-electron chi connectivity index (χ4n) is 3.52. The van der Waals surface area contributed by atoms with Crippen LogP contribution < -0.4 is 16.2 Å². The summed E-state index contributed by atoms with van der Waals surface area (Å²) in [5.74, 6) is 0.698. The van der Waals surface area contributed by atoms with Gasteiger partial charge in [0, 0.05) is 36.6 Å². The van der Waals surface area contributed by atoms with Crippen LogP contribution in [0.5, 0.6) is 0 Å². The van der Waals surface area contributed by atoms with Gasteiger partial charge in [0.2, 0.25) is 11.9 Å². The van der Waals surface area contributed by atoms with Crippen LogP contribution in [0.15, 0.2) is 17.1 Å². The third kappa shape index (κ3) is 3.67. The van der Waals surface area contributed by atoms with Gasteiger partial charge in [0.25, 0.3) is 5.56 Å². The molecule has 1 saturated carbocycles. The van der Waals surface area contributed by atoms with E-state index in [9.17, 15) is 9.59 Å². The predicted octanol–water partition coefficient (Wildman–Crippen LogP) is 2.74. The van der Waals surface area contributed by atoms with Crippen molar-refractivity contribution in [1.82, 2.24) is 19.9 Å². The van der Waals surface area contributed by atoms with Gasteiger partial charge in [-0.15, -0.1) is 0 Å². The first kappa shape index (κ1) is 18.6. The Morgan fingerprint density at radius 2 is 2.00 bits per heavy atom. The number of carbonyl (C=O) groups excluding carboxylic acids is 1. The molecular weight excluding hydrogens is 354 g/mol. The molecule has 2 aromatic heterocycles. The second-order valence-corrected chi connectivity index (χ2v) is 7.45. The Labute approximate surface area is 157 Å². The van der Waals surface area contributed by atoms with Gasteiger partial charge in [-0.1, -0.05) is 11.6 Å². The number of aromatic nitrogens is 3. The number of nitrogens with one attached hydrogen (secondary N) is 2. The fourth-order valence-corrected chi connectivity index (χ4v) is 3.73. The first-order valence-electron chi connectivity index (χ1n) is 8.96. The van der Waals surface area contributed by atoms with Crippen molar-refractivity contribution in [3.8, 4) is 0 Å². The van der Waals surface area contributed by atoms with E-state index in [2.05, 4.69) is 20.6 Å². The standard InChI is InChI=1S/C18H24ClN5O2/c1-10(2)24-15-12(8-14(19)17(24)26)9-21-18(23-15)22-13-6-4-11(5-7-13)16(25)20-3/h8-11,13H,4-7H2,1-3H3,(H,20,25)(H,21,22,23). The highest BCUT2D eigenvalue weighted by atomic mass is 35.5. The predicted molar refractivity (Wildman–Crippen MR) is 103 cm³/mol. The van der Waals surface area contributed by atoms with Crippen molar-refractivity contribution in [3.63, 3.8) is 0 Å². The summed E-state index contributed by atoms with van der Waals surface area (Å²) in [6.45, 7) is 3.85. The Bertz CT molecular complexity index is 872. The summed E-state index contributed by atoms with van der Waals surface area (Å²) < 4.78 is 1.59. The van der Waals surface area contributed by atoms with Crippen LogP contribution in [-0.2, 0) is 4.79 Å². The number of carbonyl (C=O) groups is 1. The second-order valence-electron chi connectivity index (χ2n) is 7.04. The number of amides is 1. The lowest BCUT2D eigenvalue weighted by atomic mass is 9.85. The Morgan fingerprint density at radius 1 is 1.31 bits per heavy atom. The zero-order valence-corrected chi connectivity index (χ0v) is 16.0. The van der Waals surface area contributed by atoms with Gasteiger partial charge in [0.1, 0.15) is 10.7 Å². The summed E-state index contributed by atoms with van der Waals surface area (Å²) in [6, 6.07) is 1.77. The fraction of sp³-hybridized carbons (Fsp3) is 0.556. The average Bonchev–Trinajstić information content (AvgIpc) is 2.62. The third-order valence-corrected chi connectivity index (χ3v) is 5.19. The molecule has 7 nitrogen and oxygen atoms in total. The second kappa shape index (κ2) is 7.61. The van der Waals surface area contributed by atoms with Gasteiger partial charge in [-0.05, 0) is 45.6 Å². The molecule has 2 N–H and O–H groups in total. The number of nitrogens with zero attached hydrogens (tertiary/aromatic N) is 3. The summed E-state index contributed by atoms with van der Waals surface area (Å²) in [5, 5.41) is 6.97. The van der Waals surface area contributed by atoms with E-state index in [-0.39, 0.29) is 34.5 Å². The Balaban J connectivity index is 1.82. The minimum absolute atomic E-state index is 0.0607. The lowest BCUT2D eigenvalue weighted by Gasteiger charge is -2.28. The summed E-state index contributed by atoms with van der Waals surface area (Å²) in [6.07, 6.45) is 5.15. The maximum Gasteiger partial charge on any atom is 0.271 e. The highest BCUT2D eigenvalue weighted by Crippen LogP contribution is 2.26. The largest absolute Gasteiger partial charge is 0.359 e. The molecule has 0 spiro atoms. The van der Waals surface area contributed by atoms with E-state index in [1.165, 1.54) is 0 Å². The van der Waals surface area contributed by atoms with E-state index in [1.807, 2.05) is 13.8 Å². The minimum atomic E-state index is -0.245. The topological polar surface area (TPSA) is 88.9 Å². The molecule has 3 rings (SSSR count). The van der Waals surface area contributed by atoms with Crippen LogP contribution in [0.2, 0.25) is 5.02 Å². The van der Waals surface area contributed by atoms with E-state index in [4.69, 9.17) is 11.6 Å². The van der Waals surface area contributed by atoms with Crippen LogP contribution in [0, 0.1) is 5.92 Å². The van der Waals surface area contributed by atoms with Crippen molar-refractivity contribution in [3.05, 3.63) is 27.6 Å². The van der Waals surface area contributed by atoms with Crippen LogP contribution in [-0.4, -0.2) is 33.5 Å². The number of pyridine rings is 1. The van der Waals surface area contributed by atoms with Crippen molar-refractivity contribution >= 4 is 34.5 Å². The van der Waals surface area contributed by atoms with Crippen LogP contribution in [0.4, 0.5) is 5.95 Å². The van der Waals surface area contributed by atoms with Crippen molar-refractivity contribution in [2.24, 2.45) is 5.92 Å². The van der Waals surface area contributed by atoms with Gasteiger partial charge in [-0.25, -0.2) is 4.98 Å². The smallest absolute Gasteiger partial charge is 0.271 e. The number of rotatable bonds is 4. The number of halogens is 1. The molecule has 0 aromatic carbocycles. The first-order chi connectivity index (χ1) is 12.4. The quantitative estimate of drug-likeness (QED) is 0.855. The molecule has 0 saturated heterocycles. The van der Waals surface area contributed by atoms with E-state index < -0.39 is 0 Å². The van der Waals surface area contributed by atoms with E-state index in [0.717, 1.165) is 31.1 Å². The summed E-state index contributed by atoms with van der Waals surface area (Å²) in [7, 11) is 1.68. The normalized spacial score (nSPS) is 20.3. The van der Waals surface area contributed by atoms with Gasteiger partial charge in [-0.2, -0.15) is 4.98 Å². The van der Waals surface area contributed by atoms with Gasteiger partial charge in [0.15, 0.2) is 0 Å². The molecule has 2 heterocycles. The lowest BCUT2D eigenvalue weighted by molar-refractivity contribution is -0.125. The van der Waals surface area contributed by atoms with Gasteiger partial charge in [-0.3, -0.25) is 14.2 Å². The molecule has 1 aliphatic rings. The third-order valence-electron chi connectivity index (χ3n) is 4.92. The maximum absolute atomic E-state index is 12.4. The zero-order valence-electron chi connectivity index (χ0n) is 15.3. The highest BCUT2D eigenvalue weighted by molar-refractivity contribution is 6.31. The molecule has 8 heteroatoms. The summed E-state index contributed by atoms with van der Waals surface area (Å²) in [4.78, 5) is 33.0. The van der Waals surface area contributed by atoms with Gasteiger partial charge in [0.05, 0.1) is 0 Å². The van der Waals surface area contributed by atoms with Crippen molar-refractivity contribution in [1.29, 1.82) is 0 Å². The van der Waals surface area contributed by atoms with Crippen molar-refractivity contribution in [2.75, 3.05) is 12.4 Å². The Hall–Kier alpha value is -2.15. The molecule has 26 heavy (non-hydrogen) atoms. The van der Waals surface area contributed by atoms with Crippen molar-refractivity contribution < 1.29 is 4.79 Å². The molecule has 140 valence electrons. The molecule has 2 aromatic rings. The summed E-state index contributed by atoms with van der Waals surface area (Å²) >= 11 is 6.05. The molecule has 1 aliphatic carbocycles. The number of anilines is 1. The average molecular weight is 378 g/mol. The summed E-state index contributed by atoms with van der Waals surface area (Å²) in [5.41, 5.74) is 0.329. The zero-order chi connectivity index (χ0) is 18.8. The monoisotopic (exact) mass is 377 g/mol. The SMILES string of the molecule is CNC(=O)C1CCC(Nc2ncc3cc(Cl)c(=O)n(C(C)C)c3n2)CC1. The van der Waals surface area contributed by atoms with Gasteiger partial charge >= 0.3 is 0 Å². The van der Waals surface area contributed by atoms with Gasteiger partial charge < -0.3 is 10.6 Å². The maximum atomic E-state index is 12.4. The molecule has 0 aliphatic heterocycles. The molecule has 0 radical (unpaired) electrons. The number of hydrogen-bond acceptors (Lipinski definition) is 5. The lowest BCUT2D eigenvalue weighted by Crippen LogP contribution is -2.34. The number of hydrogen-bond donors (Lipinski definition) is 2. The van der Waals surface area contributed by atoms with E-state index >= 15 is 0 Å². The molecular formula is C18H24ClN5O2. The highest BCUT2D eigenvalue weighted by Gasteiger charge is 2.26. The van der Waals surface area contributed by atoms with Crippen molar-refractivity contribution in [2.45, 2.75) is 51.6 Å². The van der Waals surface area contributed by atoms with Crippen LogP contribution in [0.1, 0.15) is 45.6 Å². The Kier molecular flexibility index (Phi) is 5.46. The van der Waals surface area contributed by atoms with Crippen LogP contribution in [0.25, 0.3) is 11.0 Å². The molecule has 1 amide bonds. The molecule has 1 fully saturated rings. The van der Waals surface area contributed by atoms with E-state index in [0.29, 0.717) is 11.6 Å².